The van der Waals surface area contributed by atoms with Gasteiger partial charge in [0.2, 0.25) is 10.0 Å². The smallest absolute Gasteiger partial charge is 0.273 e. The van der Waals surface area contributed by atoms with Gasteiger partial charge in [-0.05, 0) is 25.2 Å². The number of nitrogens with zero attached hydrogens (tertiary/aromatic N) is 1. The fourth-order valence-corrected chi connectivity index (χ4v) is 3.29. The monoisotopic (exact) mass is 316 g/mol. The molecule has 8 nitrogen and oxygen atoms in total. The Morgan fingerprint density at radius 1 is 1.57 bits per heavy atom. The number of ether oxygens (including phenoxy) is 1. The van der Waals surface area contributed by atoms with Gasteiger partial charge in [-0.25, -0.2) is 13.6 Å². The third-order valence-electron chi connectivity index (χ3n) is 3.51. The van der Waals surface area contributed by atoms with E-state index in [0.717, 1.165) is 19.4 Å². The summed E-state index contributed by atoms with van der Waals surface area (Å²) in [6.45, 7) is 3.67. The van der Waals surface area contributed by atoms with E-state index in [-0.39, 0.29) is 10.6 Å². The molecule has 1 amide bonds. The van der Waals surface area contributed by atoms with Gasteiger partial charge in [-0.15, -0.1) is 0 Å². The number of aryl methyl sites for hydroxylation is 1. The van der Waals surface area contributed by atoms with E-state index in [1.807, 2.05) is 0 Å². The first kappa shape index (κ1) is 15.9. The highest BCUT2D eigenvalue weighted by Gasteiger charge is 2.26. The van der Waals surface area contributed by atoms with Gasteiger partial charge in [-0.3, -0.25) is 9.89 Å². The Balaban J connectivity index is 2.03. The van der Waals surface area contributed by atoms with Crippen LogP contribution in [0.4, 0.5) is 0 Å². The highest BCUT2D eigenvalue weighted by atomic mass is 32.2. The summed E-state index contributed by atoms with van der Waals surface area (Å²) >= 11 is 0. The number of nitrogens with one attached hydrogen (secondary N) is 2. The van der Waals surface area contributed by atoms with Crippen LogP contribution >= 0.6 is 0 Å². The first-order valence-corrected chi connectivity index (χ1v) is 8.44. The van der Waals surface area contributed by atoms with Crippen molar-refractivity contribution >= 4 is 15.9 Å². The van der Waals surface area contributed by atoms with Crippen LogP contribution in [0, 0.1) is 5.92 Å². The largest absolute Gasteiger partial charge is 0.381 e. The van der Waals surface area contributed by atoms with Crippen LogP contribution in [0.3, 0.4) is 0 Å². The van der Waals surface area contributed by atoms with Crippen molar-refractivity contribution < 1.29 is 17.9 Å². The van der Waals surface area contributed by atoms with Crippen LogP contribution in [0.25, 0.3) is 0 Å². The zero-order valence-corrected chi connectivity index (χ0v) is 12.7. The van der Waals surface area contributed by atoms with E-state index in [1.54, 1.807) is 6.92 Å². The highest BCUT2D eigenvalue weighted by molar-refractivity contribution is 7.89. The molecule has 0 spiro atoms. The first-order valence-electron chi connectivity index (χ1n) is 6.89. The number of nitrogens with two attached hydrogens (primary N) is 1. The average Bonchev–Trinajstić information content (AvgIpc) is 3.06. The third kappa shape index (κ3) is 3.80. The van der Waals surface area contributed by atoms with Crippen LogP contribution in [0.2, 0.25) is 0 Å². The Labute approximate surface area is 123 Å². The number of aromatic amines is 1. The summed E-state index contributed by atoms with van der Waals surface area (Å²) in [7, 11) is -3.99. The Morgan fingerprint density at radius 2 is 2.33 bits per heavy atom. The van der Waals surface area contributed by atoms with Gasteiger partial charge >= 0.3 is 0 Å². The van der Waals surface area contributed by atoms with Gasteiger partial charge in [-0.1, -0.05) is 6.92 Å². The van der Waals surface area contributed by atoms with E-state index >= 15 is 0 Å². The molecule has 0 bridgehead atoms. The normalized spacial score (nSPS) is 18.9. The molecule has 1 aliphatic heterocycles. The number of amides is 1. The molecule has 1 fully saturated rings. The number of H-pyrrole nitrogens is 1. The number of primary sulfonamides is 1. The zero-order valence-electron chi connectivity index (χ0n) is 11.9. The molecule has 1 atom stereocenters. The maximum atomic E-state index is 12.1. The van der Waals surface area contributed by atoms with Gasteiger partial charge in [0.25, 0.3) is 5.91 Å². The zero-order chi connectivity index (χ0) is 15.5. The molecule has 2 heterocycles. The van der Waals surface area contributed by atoms with Gasteiger partial charge in [-0.2, -0.15) is 5.10 Å². The molecule has 0 aromatic carbocycles. The molecule has 0 saturated carbocycles. The van der Waals surface area contributed by atoms with Crippen molar-refractivity contribution in [3.63, 3.8) is 0 Å². The molecule has 21 heavy (non-hydrogen) atoms. The van der Waals surface area contributed by atoms with Crippen LogP contribution in [-0.4, -0.2) is 44.3 Å². The van der Waals surface area contributed by atoms with Gasteiger partial charge in [0, 0.05) is 19.8 Å². The third-order valence-corrected chi connectivity index (χ3v) is 4.52. The Bertz CT molecular complexity index is 605. The molecular formula is C12H20N4O4S. The number of carbonyl (C=O) groups is 1. The van der Waals surface area contributed by atoms with E-state index in [0.29, 0.717) is 31.2 Å². The van der Waals surface area contributed by atoms with Crippen molar-refractivity contribution in [2.45, 2.75) is 31.1 Å². The van der Waals surface area contributed by atoms with Crippen LogP contribution in [-0.2, 0) is 21.2 Å². The predicted molar refractivity (Wildman–Crippen MR) is 75.2 cm³/mol. The molecule has 1 aliphatic rings. The summed E-state index contributed by atoms with van der Waals surface area (Å²) in [5.41, 5.74) is 0.170. The van der Waals surface area contributed by atoms with Crippen LogP contribution in [0.5, 0.6) is 0 Å². The maximum Gasteiger partial charge on any atom is 0.273 e. The van der Waals surface area contributed by atoms with Gasteiger partial charge in [0.15, 0.2) is 5.69 Å². The van der Waals surface area contributed by atoms with Crippen LogP contribution in [0.1, 0.15) is 35.9 Å². The average molecular weight is 316 g/mol. The SMILES string of the molecule is CCc1[nH]nc(C(=O)NCCC2CCOC2)c1S(N)(=O)=O. The Morgan fingerprint density at radius 3 is 2.90 bits per heavy atom. The molecule has 9 heteroatoms. The second-order valence-electron chi connectivity index (χ2n) is 5.05. The van der Waals surface area contributed by atoms with Crippen molar-refractivity contribution in [3.05, 3.63) is 11.4 Å². The van der Waals surface area contributed by atoms with E-state index < -0.39 is 15.9 Å². The van der Waals surface area contributed by atoms with E-state index in [2.05, 4.69) is 15.5 Å². The van der Waals surface area contributed by atoms with E-state index in [9.17, 15) is 13.2 Å². The van der Waals surface area contributed by atoms with Crippen molar-refractivity contribution in [3.8, 4) is 0 Å². The lowest BCUT2D eigenvalue weighted by atomic mass is 10.1. The summed E-state index contributed by atoms with van der Waals surface area (Å²) in [5, 5.41) is 14.2. The quantitative estimate of drug-likeness (QED) is 0.668. The van der Waals surface area contributed by atoms with Crippen molar-refractivity contribution in [2.24, 2.45) is 11.1 Å². The lowest BCUT2D eigenvalue weighted by Crippen LogP contribution is -2.28. The maximum absolute atomic E-state index is 12.1. The minimum atomic E-state index is -3.99. The minimum Gasteiger partial charge on any atom is -0.381 e. The van der Waals surface area contributed by atoms with Crippen molar-refractivity contribution in [1.82, 2.24) is 15.5 Å². The molecule has 1 unspecified atom stereocenters. The second kappa shape index (κ2) is 6.54. The number of hydrogen-bond acceptors (Lipinski definition) is 5. The fraction of sp³-hybridized carbons (Fsp3) is 0.667. The van der Waals surface area contributed by atoms with Crippen LogP contribution < -0.4 is 10.5 Å². The van der Waals surface area contributed by atoms with Gasteiger partial charge < -0.3 is 10.1 Å². The molecule has 0 radical (unpaired) electrons. The molecule has 118 valence electrons. The molecule has 1 aromatic heterocycles. The number of aromatic nitrogens is 2. The lowest BCUT2D eigenvalue weighted by molar-refractivity contribution is 0.0942. The Hall–Kier alpha value is -1.45. The topological polar surface area (TPSA) is 127 Å². The molecular weight excluding hydrogens is 296 g/mol. The summed E-state index contributed by atoms with van der Waals surface area (Å²) in [6.07, 6.45) is 2.17. The Kier molecular flexibility index (Phi) is 4.96. The van der Waals surface area contributed by atoms with Gasteiger partial charge in [0.1, 0.15) is 4.90 Å². The molecule has 0 aliphatic carbocycles. The first-order chi connectivity index (χ1) is 9.93. The van der Waals surface area contributed by atoms with E-state index in [4.69, 9.17) is 9.88 Å². The lowest BCUT2D eigenvalue weighted by Gasteiger charge is -2.08. The van der Waals surface area contributed by atoms with E-state index in [1.165, 1.54) is 0 Å². The van der Waals surface area contributed by atoms with Crippen molar-refractivity contribution in [1.29, 1.82) is 0 Å². The number of carbonyl (C=O) groups excluding carboxylic acids is 1. The predicted octanol–water partition coefficient (Wildman–Crippen LogP) is -0.224. The summed E-state index contributed by atoms with van der Waals surface area (Å²) < 4.78 is 28.5. The minimum absolute atomic E-state index is 0.169. The molecule has 1 aromatic rings. The fourth-order valence-electron chi connectivity index (χ4n) is 2.35. The molecule has 4 N–H and O–H groups in total. The van der Waals surface area contributed by atoms with Gasteiger partial charge in [0.05, 0.1) is 5.69 Å². The summed E-state index contributed by atoms with van der Waals surface area (Å²) in [6, 6.07) is 0. The summed E-state index contributed by atoms with van der Waals surface area (Å²) in [4.78, 5) is 11.9. The standard InChI is InChI=1S/C12H20N4O4S/c1-2-9-11(21(13,18)19)10(16-15-9)12(17)14-5-3-8-4-6-20-7-8/h8H,2-7H2,1H3,(H,14,17)(H,15,16)(H2,13,18,19). The number of rotatable bonds is 6. The van der Waals surface area contributed by atoms with Crippen LogP contribution in [0.15, 0.2) is 4.90 Å². The number of sulfonamides is 1. The molecule has 1 saturated heterocycles. The molecule has 2 rings (SSSR count). The highest BCUT2D eigenvalue weighted by Crippen LogP contribution is 2.18. The summed E-state index contributed by atoms with van der Waals surface area (Å²) in [5.74, 6) is -0.0951. The van der Waals surface area contributed by atoms with Crippen molar-refractivity contribution in [2.75, 3.05) is 19.8 Å². The second-order valence-corrected chi connectivity index (χ2v) is 6.55. The number of hydrogen-bond donors (Lipinski definition) is 3.